The van der Waals surface area contributed by atoms with Crippen LogP contribution in [0.2, 0.25) is 19.6 Å². The van der Waals surface area contributed by atoms with Crippen LogP contribution in [0.5, 0.6) is 0 Å². The monoisotopic (exact) mass is 1030 g/mol. The van der Waals surface area contributed by atoms with Crippen LogP contribution in [0.3, 0.4) is 0 Å². The fourth-order valence-electron chi connectivity index (χ4n) is 10.6. The molecule has 6 nitrogen and oxygen atoms in total. The predicted octanol–water partition coefficient (Wildman–Crippen LogP) is 16.8. The van der Waals surface area contributed by atoms with Crippen molar-refractivity contribution in [1.29, 1.82) is 0 Å². The summed E-state index contributed by atoms with van der Waals surface area (Å²) < 4.78 is 2.44. The number of para-hydroxylation sites is 1. The molecule has 0 bridgehead atoms. The molecule has 412 valence electrons. The fraction of sp³-hybridized carbons (Fsp3) is 0.559. The third kappa shape index (κ3) is 17.7. The molecule has 0 atom stereocenters. The Morgan fingerprint density at radius 2 is 0.667 bits per heavy atom. The van der Waals surface area contributed by atoms with Crippen LogP contribution < -0.4 is 24.2 Å². The highest BCUT2D eigenvalue weighted by atomic mass is 28.3. The summed E-state index contributed by atoms with van der Waals surface area (Å²) in [6, 6.07) is 47.2. The summed E-state index contributed by atoms with van der Waals surface area (Å²) in [5.74, 6) is 0. The molecule has 0 spiro atoms. The average molecular weight is 1040 g/mol. The molecule has 3 heterocycles. The minimum atomic E-state index is -1.23. The lowest BCUT2D eigenvalue weighted by molar-refractivity contribution is 0.244. The Labute approximate surface area is 462 Å². The van der Waals surface area contributed by atoms with E-state index in [4.69, 9.17) is 0 Å². The van der Waals surface area contributed by atoms with Crippen molar-refractivity contribution in [1.82, 2.24) is 4.90 Å². The van der Waals surface area contributed by atoms with Crippen molar-refractivity contribution in [2.24, 2.45) is 0 Å². The van der Waals surface area contributed by atoms with Crippen molar-refractivity contribution in [3.8, 4) is 0 Å². The maximum atomic E-state index is 2.63. The molecule has 5 aromatic carbocycles. The van der Waals surface area contributed by atoms with Crippen molar-refractivity contribution in [3.05, 3.63) is 150 Å². The van der Waals surface area contributed by atoms with Gasteiger partial charge in [-0.1, -0.05) is 169 Å². The lowest BCUT2D eigenvalue weighted by atomic mass is 9.79. The molecule has 0 radical (unpaired) electrons. The summed E-state index contributed by atoms with van der Waals surface area (Å²) >= 11 is 0. The Hall–Kier alpha value is -4.72. The number of piperazine rings is 2. The van der Waals surface area contributed by atoms with Gasteiger partial charge in [-0.15, -0.1) is 0 Å². The summed E-state index contributed by atoms with van der Waals surface area (Å²) in [5, 5.41) is 0. The van der Waals surface area contributed by atoms with Crippen LogP contribution in [0.25, 0.3) is 0 Å². The van der Waals surface area contributed by atoms with Crippen LogP contribution in [0.15, 0.2) is 127 Å². The summed E-state index contributed by atoms with van der Waals surface area (Å²) in [6.45, 7) is 52.8. The molecular weight excluding hydrogens is 929 g/mol. The van der Waals surface area contributed by atoms with Crippen LogP contribution in [-0.2, 0) is 21.7 Å². The number of hydrogen-bond donors (Lipinski definition) is 0. The standard InChI is InChI=1S/C20H26N2.C19H31N.C15H24N2.C14H25NSi/c1-20(2,3)17-9-11-19(12-10-17)22-15-13-21(14-16-22)18-7-5-4-6-8-18;1-17(2,3)15-9-11-16(12-10-15)20-18(4,5)13-8-14-19(20,6)7;1-15(2,3)13-5-7-14(8-6-13)17-11-9-16(4)10-12-17;1-14(2,3)12-8-10-13(11-9-12)15(4)16(5,6)7/h4-12H,13-16H2,1-3H3;9-12H,8,13-14H2,1-7H3;5-8H,9-12H2,1-4H3;8-11H,1-7H3. The first kappa shape index (κ1) is 61.1. The van der Waals surface area contributed by atoms with Crippen molar-refractivity contribution in [3.63, 3.8) is 0 Å². The van der Waals surface area contributed by atoms with Gasteiger partial charge in [-0.2, -0.15) is 0 Å². The summed E-state index contributed by atoms with van der Waals surface area (Å²) in [5.41, 5.74) is 13.8. The van der Waals surface area contributed by atoms with Gasteiger partial charge < -0.3 is 29.1 Å². The molecule has 0 aromatic heterocycles. The van der Waals surface area contributed by atoms with Gasteiger partial charge in [0.1, 0.15) is 8.24 Å². The zero-order valence-electron chi connectivity index (χ0n) is 51.6. The first-order chi connectivity index (χ1) is 34.7. The van der Waals surface area contributed by atoms with E-state index in [1.807, 2.05) is 0 Å². The maximum absolute atomic E-state index is 2.63. The summed E-state index contributed by atoms with van der Waals surface area (Å²) in [4.78, 5) is 12.5. The van der Waals surface area contributed by atoms with Gasteiger partial charge in [0, 0.05) is 91.9 Å². The Balaban J connectivity index is 0.000000186. The Morgan fingerprint density at radius 3 is 0.973 bits per heavy atom. The van der Waals surface area contributed by atoms with E-state index in [0.717, 1.165) is 39.3 Å². The van der Waals surface area contributed by atoms with E-state index < -0.39 is 8.24 Å². The van der Waals surface area contributed by atoms with Gasteiger partial charge in [0.05, 0.1) is 0 Å². The van der Waals surface area contributed by atoms with Crippen molar-refractivity contribution < 1.29 is 0 Å². The highest BCUT2D eigenvalue weighted by Crippen LogP contribution is 2.42. The van der Waals surface area contributed by atoms with E-state index in [-0.39, 0.29) is 32.7 Å². The zero-order valence-corrected chi connectivity index (χ0v) is 52.6. The second-order valence-electron chi connectivity index (χ2n) is 28.3. The minimum absolute atomic E-state index is 0.227. The third-order valence-corrected chi connectivity index (χ3v) is 18.3. The molecule has 7 heteroatoms. The molecule has 3 aliphatic rings. The first-order valence-corrected chi connectivity index (χ1v) is 32.1. The van der Waals surface area contributed by atoms with Gasteiger partial charge in [0.2, 0.25) is 0 Å². The topological polar surface area (TPSA) is 19.4 Å². The van der Waals surface area contributed by atoms with Crippen molar-refractivity contribution in [2.75, 3.05) is 90.6 Å². The SMILES string of the molecule is CC(C)(C)c1ccc(N2C(C)(C)CCCC2(C)C)cc1.CC(C)(C)c1ccc(N2CCN(c3ccccc3)CC2)cc1.CN(c1ccc(C(C)(C)C)cc1)[Si](C)(C)C.CN1CCN(c2ccc(C(C)(C)C)cc2)CC1. The molecule has 0 saturated carbocycles. The zero-order chi connectivity index (χ0) is 55.8. The number of piperidine rings is 1. The molecule has 3 fully saturated rings. The van der Waals surface area contributed by atoms with Gasteiger partial charge in [0.15, 0.2) is 0 Å². The second-order valence-corrected chi connectivity index (χ2v) is 33.3. The number of anilines is 5. The molecule has 3 saturated heterocycles. The highest BCUT2D eigenvalue weighted by molar-refractivity contribution is 6.79. The normalized spacial score (nSPS) is 17.4. The predicted molar refractivity (Wildman–Crippen MR) is 337 cm³/mol. The van der Waals surface area contributed by atoms with Crippen LogP contribution in [-0.4, -0.2) is 90.7 Å². The molecule has 3 aliphatic heterocycles. The second kappa shape index (κ2) is 24.7. The summed E-state index contributed by atoms with van der Waals surface area (Å²) in [7, 11) is 3.17. The molecule has 0 aliphatic carbocycles. The van der Waals surface area contributed by atoms with Gasteiger partial charge in [0.25, 0.3) is 0 Å². The molecule has 8 rings (SSSR count). The number of nitrogens with zero attached hydrogens (tertiary/aromatic N) is 6. The van der Waals surface area contributed by atoms with E-state index in [1.165, 1.54) is 83.0 Å². The third-order valence-electron chi connectivity index (χ3n) is 16.0. The van der Waals surface area contributed by atoms with E-state index in [0.29, 0.717) is 0 Å². The Bertz CT molecular complexity index is 2430. The van der Waals surface area contributed by atoms with Gasteiger partial charge in [-0.25, -0.2) is 0 Å². The first-order valence-electron chi connectivity index (χ1n) is 28.6. The van der Waals surface area contributed by atoms with Gasteiger partial charge in [-0.05, 0) is 166 Å². The highest BCUT2D eigenvalue weighted by Gasteiger charge is 2.41. The fourth-order valence-corrected chi connectivity index (χ4v) is 11.6. The van der Waals surface area contributed by atoms with E-state index in [9.17, 15) is 0 Å². The summed E-state index contributed by atoms with van der Waals surface area (Å²) in [6.07, 6.45) is 3.88. The van der Waals surface area contributed by atoms with Crippen LogP contribution >= 0.6 is 0 Å². The lowest BCUT2D eigenvalue weighted by Crippen LogP contribution is -2.59. The van der Waals surface area contributed by atoms with E-state index >= 15 is 0 Å². The number of likely N-dealkylation sites (N-methyl/N-ethyl adjacent to an activating group) is 1. The molecule has 0 amide bonds. The Morgan fingerprint density at radius 1 is 0.387 bits per heavy atom. The molecule has 0 unspecified atom stereocenters. The molecule has 0 N–H and O–H groups in total. The Kier molecular flexibility index (Phi) is 20.2. The number of hydrogen-bond acceptors (Lipinski definition) is 6. The van der Waals surface area contributed by atoms with Gasteiger partial charge in [-0.3, -0.25) is 0 Å². The lowest BCUT2D eigenvalue weighted by Gasteiger charge is -2.54. The molecule has 5 aromatic rings. The quantitative estimate of drug-likeness (QED) is 0.157. The maximum Gasteiger partial charge on any atom is 0.147 e. The smallest absolute Gasteiger partial charge is 0.147 e. The average Bonchev–Trinajstić information content (AvgIpc) is 3.33. The van der Waals surface area contributed by atoms with Gasteiger partial charge >= 0.3 is 0 Å². The van der Waals surface area contributed by atoms with Crippen LogP contribution in [0.4, 0.5) is 28.4 Å². The van der Waals surface area contributed by atoms with E-state index in [2.05, 4.69) is 301 Å². The number of benzene rings is 5. The van der Waals surface area contributed by atoms with Crippen molar-refractivity contribution >= 4 is 36.7 Å². The minimum Gasteiger partial charge on any atom is -0.401 e. The number of rotatable bonds is 6. The van der Waals surface area contributed by atoms with Crippen molar-refractivity contribution in [2.45, 2.75) is 182 Å². The molecule has 75 heavy (non-hydrogen) atoms. The van der Waals surface area contributed by atoms with Crippen LogP contribution in [0.1, 0.15) is 152 Å². The largest absolute Gasteiger partial charge is 0.401 e. The van der Waals surface area contributed by atoms with Crippen LogP contribution in [0, 0.1) is 0 Å². The molecular formula is C68H106N6Si. The van der Waals surface area contributed by atoms with E-state index in [1.54, 1.807) is 0 Å².